The second-order valence-electron chi connectivity index (χ2n) is 7.23. The summed E-state index contributed by atoms with van der Waals surface area (Å²) in [5.74, 6) is 0.189. The molecule has 0 saturated heterocycles. The Balaban J connectivity index is 1.76. The van der Waals surface area contributed by atoms with Gasteiger partial charge in [0.25, 0.3) is 0 Å². The van der Waals surface area contributed by atoms with Crippen LogP contribution in [0.2, 0.25) is 0 Å². The maximum Gasteiger partial charge on any atom is 0.220 e. The van der Waals surface area contributed by atoms with Crippen LogP contribution in [0.3, 0.4) is 0 Å². The van der Waals surface area contributed by atoms with Crippen molar-refractivity contribution in [2.75, 3.05) is 19.0 Å². The quantitative estimate of drug-likeness (QED) is 0.901. The second-order valence-corrected chi connectivity index (χ2v) is 7.23. The van der Waals surface area contributed by atoms with Crippen molar-refractivity contribution in [2.24, 2.45) is 5.41 Å². The molecular weight excluding hydrogens is 260 g/mol. The zero-order valence-corrected chi connectivity index (χ0v) is 13.8. The average Bonchev–Trinajstić information content (AvgIpc) is 2.76. The summed E-state index contributed by atoms with van der Waals surface area (Å²) in [5, 5.41) is 3.19. The number of rotatable bonds is 5. The predicted octanol–water partition coefficient (Wildman–Crippen LogP) is 3.38. The first-order valence-corrected chi connectivity index (χ1v) is 7.91. The van der Waals surface area contributed by atoms with Gasteiger partial charge in [0.2, 0.25) is 5.91 Å². The Morgan fingerprint density at radius 1 is 1.29 bits per heavy atom. The number of hydrogen-bond donors (Lipinski definition) is 1. The summed E-state index contributed by atoms with van der Waals surface area (Å²) in [7, 11) is 4.07. The first kappa shape index (κ1) is 15.9. The summed E-state index contributed by atoms with van der Waals surface area (Å²) in [6, 6.07) is 8.81. The molecule has 0 radical (unpaired) electrons. The topological polar surface area (TPSA) is 32.3 Å². The van der Waals surface area contributed by atoms with Crippen LogP contribution in [0.4, 0.5) is 5.69 Å². The lowest BCUT2D eigenvalue weighted by Gasteiger charge is -2.18. The number of hydrogen-bond acceptors (Lipinski definition) is 2. The van der Waals surface area contributed by atoms with E-state index in [1.54, 1.807) is 0 Å². The normalized spacial score (nSPS) is 20.3. The summed E-state index contributed by atoms with van der Waals surface area (Å²) in [6.45, 7) is 4.57. The highest BCUT2D eigenvalue weighted by Gasteiger charge is 2.31. The summed E-state index contributed by atoms with van der Waals surface area (Å²) in [5.41, 5.74) is 2.80. The van der Waals surface area contributed by atoms with Gasteiger partial charge in [-0.05, 0) is 48.8 Å². The first-order chi connectivity index (χ1) is 9.85. The van der Waals surface area contributed by atoms with Crippen molar-refractivity contribution in [1.29, 1.82) is 0 Å². The van der Waals surface area contributed by atoms with Gasteiger partial charge >= 0.3 is 0 Å². The highest BCUT2D eigenvalue weighted by molar-refractivity contribution is 5.76. The van der Waals surface area contributed by atoms with Crippen molar-refractivity contribution in [3.05, 3.63) is 29.8 Å². The molecule has 0 bridgehead atoms. The molecule has 21 heavy (non-hydrogen) atoms. The van der Waals surface area contributed by atoms with Gasteiger partial charge in [0.15, 0.2) is 0 Å². The molecule has 1 N–H and O–H groups in total. The van der Waals surface area contributed by atoms with Crippen LogP contribution in [0, 0.1) is 5.41 Å². The lowest BCUT2D eigenvalue weighted by molar-refractivity contribution is -0.121. The van der Waals surface area contributed by atoms with Gasteiger partial charge in [-0.15, -0.1) is 0 Å². The van der Waals surface area contributed by atoms with Crippen molar-refractivity contribution >= 4 is 11.6 Å². The number of carbonyl (C=O) groups excluding carboxylic acids is 1. The molecule has 2 rings (SSSR count). The third-order valence-corrected chi connectivity index (χ3v) is 4.43. The molecule has 0 aliphatic heterocycles. The molecule has 1 saturated carbocycles. The summed E-state index contributed by atoms with van der Waals surface area (Å²) in [4.78, 5) is 14.1. The molecule has 0 heterocycles. The number of benzene rings is 1. The van der Waals surface area contributed by atoms with Crippen molar-refractivity contribution in [1.82, 2.24) is 5.32 Å². The molecule has 0 spiro atoms. The van der Waals surface area contributed by atoms with E-state index in [0.29, 0.717) is 17.9 Å². The molecule has 1 amide bonds. The number of aryl methyl sites for hydroxylation is 1. The van der Waals surface area contributed by atoms with E-state index in [4.69, 9.17) is 0 Å². The Labute approximate surface area is 128 Å². The van der Waals surface area contributed by atoms with Crippen LogP contribution in [-0.4, -0.2) is 26.0 Å². The maximum absolute atomic E-state index is 12.0. The highest BCUT2D eigenvalue weighted by atomic mass is 16.1. The van der Waals surface area contributed by atoms with Crippen LogP contribution in [0.15, 0.2) is 24.3 Å². The fourth-order valence-electron chi connectivity index (χ4n) is 3.08. The highest BCUT2D eigenvalue weighted by Crippen LogP contribution is 2.36. The molecule has 1 aromatic carbocycles. The minimum absolute atomic E-state index is 0.189. The van der Waals surface area contributed by atoms with E-state index in [1.807, 2.05) is 14.1 Å². The molecule has 1 aliphatic carbocycles. The summed E-state index contributed by atoms with van der Waals surface area (Å²) in [6.07, 6.45) is 4.84. The zero-order chi connectivity index (χ0) is 15.5. The predicted molar refractivity (Wildman–Crippen MR) is 88.7 cm³/mol. The standard InChI is InChI=1S/C18H28N2O/c1-18(2)12-11-15(13-18)19-17(21)10-7-14-5-8-16(9-6-14)20(3)4/h5-6,8-9,15H,7,10-13H2,1-4H3,(H,19,21). The van der Waals surface area contributed by atoms with E-state index in [-0.39, 0.29) is 5.91 Å². The van der Waals surface area contributed by atoms with E-state index in [9.17, 15) is 4.79 Å². The smallest absolute Gasteiger partial charge is 0.220 e. The zero-order valence-electron chi connectivity index (χ0n) is 13.8. The number of carbonyl (C=O) groups is 1. The molecule has 116 valence electrons. The van der Waals surface area contributed by atoms with Gasteiger partial charge in [-0.25, -0.2) is 0 Å². The van der Waals surface area contributed by atoms with Crippen LogP contribution in [0.25, 0.3) is 0 Å². The Kier molecular flexibility index (Phi) is 4.92. The Morgan fingerprint density at radius 2 is 1.95 bits per heavy atom. The van der Waals surface area contributed by atoms with Gasteiger partial charge < -0.3 is 10.2 Å². The fraction of sp³-hybridized carbons (Fsp3) is 0.611. The van der Waals surface area contributed by atoms with Gasteiger partial charge in [0.1, 0.15) is 0 Å². The van der Waals surface area contributed by atoms with Gasteiger partial charge in [-0.1, -0.05) is 26.0 Å². The molecule has 3 nitrogen and oxygen atoms in total. The number of nitrogens with one attached hydrogen (secondary N) is 1. The largest absolute Gasteiger partial charge is 0.378 e. The molecule has 1 aliphatic rings. The van der Waals surface area contributed by atoms with Gasteiger partial charge in [0.05, 0.1) is 0 Å². The van der Waals surface area contributed by atoms with Gasteiger partial charge in [0, 0.05) is 32.2 Å². The number of anilines is 1. The van der Waals surface area contributed by atoms with E-state index < -0.39 is 0 Å². The van der Waals surface area contributed by atoms with Crippen LogP contribution in [0.1, 0.15) is 45.1 Å². The average molecular weight is 288 g/mol. The van der Waals surface area contributed by atoms with Crippen molar-refractivity contribution < 1.29 is 4.79 Å². The molecule has 3 heteroatoms. The van der Waals surface area contributed by atoms with E-state index in [1.165, 1.54) is 17.7 Å². The van der Waals surface area contributed by atoms with Crippen LogP contribution < -0.4 is 10.2 Å². The number of amides is 1. The minimum Gasteiger partial charge on any atom is -0.378 e. The third kappa shape index (κ3) is 4.76. The fourth-order valence-corrected chi connectivity index (χ4v) is 3.08. The minimum atomic E-state index is 0.189. The van der Waals surface area contributed by atoms with Crippen molar-refractivity contribution in [3.8, 4) is 0 Å². The molecule has 0 aromatic heterocycles. The van der Waals surface area contributed by atoms with Crippen LogP contribution in [0.5, 0.6) is 0 Å². The Morgan fingerprint density at radius 3 is 2.48 bits per heavy atom. The van der Waals surface area contributed by atoms with E-state index in [2.05, 4.69) is 48.3 Å². The monoisotopic (exact) mass is 288 g/mol. The Bertz CT molecular complexity index is 476. The molecule has 1 aromatic rings. The molecule has 1 atom stereocenters. The van der Waals surface area contributed by atoms with Gasteiger partial charge in [-0.3, -0.25) is 4.79 Å². The lowest BCUT2D eigenvalue weighted by atomic mass is 9.92. The maximum atomic E-state index is 12.0. The SMILES string of the molecule is CN(C)c1ccc(CCC(=O)NC2CCC(C)(C)C2)cc1. The van der Waals surface area contributed by atoms with Crippen LogP contribution >= 0.6 is 0 Å². The number of nitrogens with zero attached hydrogens (tertiary/aromatic N) is 1. The van der Waals surface area contributed by atoms with E-state index in [0.717, 1.165) is 19.3 Å². The first-order valence-electron chi connectivity index (χ1n) is 7.91. The van der Waals surface area contributed by atoms with Crippen molar-refractivity contribution in [2.45, 2.75) is 52.0 Å². The van der Waals surface area contributed by atoms with E-state index >= 15 is 0 Å². The molecular formula is C18H28N2O. The molecule has 1 unspecified atom stereocenters. The van der Waals surface area contributed by atoms with Gasteiger partial charge in [-0.2, -0.15) is 0 Å². The lowest BCUT2D eigenvalue weighted by Crippen LogP contribution is -2.33. The van der Waals surface area contributed by atoms with Crippen LogP contribution in [-0.2, 0) is 11.2 Å². The third-order valence-electron chi connectivity index (χ3n) is 4.43. The second kappa shape index (κ2) is 6.50. The summed E-state index contributed by atoms with van der Waals surface area (Å²) >= 11 is 0. The van der Waals surface area contributed by atoms with Crippen molar-refractivity contribution in [3.63, 3.8) is 0 Å². The summed E-state index contributed by atoms with van der Waals surface area (Å²) < 4.78 is 0. The Hall–Kier alpha value is -1.51. The molecule has 1 fully saturated rings.